The molecule has 0 spiro atoms. The van der Waals surface area contributed by atoms with Crippen molar-refractivity contribution in [3.8, 4) is 0 Å². The third-order valence-corrected chi connectivity index (χ3v) is 7.18. The first-order valence-electron chi connectivity index (χ1n) is 13.2. The van der Waals surface area contributed by atoms with Crippen LogP contribution in [0.25, 0.3) is 11.0 Å². The van der Waals surface area contributed by atoms with Gasteiger partial charge in [0.25, 0.3) is 0 Å². The van der Waals surface area contributed by atoms with Gasteiger partial charge in [-0.1, -0.05) is 54.8 Å². The van der Waals surface area contributed by atoms with Gasteiger partial charge in [-0.3, -0.25) is 19.3 Å². The molecule has 1 unspecified atom stereocenters. The molecule has 8 nitrogen and oxygen atoms in total. The van der Waals surface area contributed by atoms with Crippen molar-refractivity contribution in [3.05, 3.63) is 89.7 Å². The van der Waals surface area contributed by atoms with Crippen molar-refractivity contribution < 1.29 is 18.8 Å². The normalized spacial score (nSPS) is 14.6. The molecule has 0 radical (unpaired) electrons. The molecule has 4 aromatic rings. The second-order valence-corrected chi connectivity index (χ2v) is 9.87. The van der Waals surface area contributed by atoms with Gasteiger partial charge >= 0.3 is 0 Å². The van der Waals surface area contributed by atoms with Crippen molar-refractivity contribution in [1.82, 2.24) is 20.3 Å². The molecule has 1 atom stereocenters. The molecule has 39 heavy (non-hydrogen) atoms. The number of carbonyl (C=O) groups excluding carboxylic acids is 3. The zero-order chi connectivity index (χ0) is 27.4. The molecule has 1 heterocycles. The van der Waals surface area contributed by atoms with E-state index >= 15 is 4.39 Å². The van der Waals surface area contributed by atoms with Crippen molar-refractivity contribution in [1.29, 1.82) is 0 Å². The molecule has 0 bridgehead atoms. The van der Waals surface area contributed by atoms with Crippen LogP contribution in [0, 0.1) is 5.82 Å². The van der Waals surface area contributed by atoms with Crippen molar-refractivity contribution in [3.63, 3.8) is 0 Å². The third kappa shape index (κ3) is 5.72. The molecule has 200 valence electrons. The summed E-state index contributed by atoms with van der Waals surface area (Å²) in [5, 5.41) is 11.3. The standard InChI is InChI=1S/C30H30FN5O3/c1-20(37)21-15-17-23(18-16-21)36(28(38)19-35-27-14-8-7-13-26(27)33-34-35)29(24-11-5-6-12-25(24)31)30(39)32-22-9-3-2-4-10-22/h5-8,11-18,22,29H,2-4,9-10,19H2,1H3,(H,32,39). The van der Waals surface area contributed by atoms with E-state index in [0.717, 1.165) is 32.1 Å². The average Bonchev–Trinajstić information content (AvgIpc) is 3.35. The van der Waals surface area contributed by atoms with Gasteiger partial charge in [0.05, 0.1) is 5.52 Å². The maximum absolute atomic E-state index is 15.3. The number of nitrogens with zero attached hydrogens (tertiary/aromatic N) is 4. The molecule has 1 aliphatic carbocycles. The molecule has 2 amide bonds. The molecule has 1 N–H and O–H groups in total. The minimum absolute atomic E-state index is 0.0446. The second-order valence-electron chi connectivity index (χ2n) is 9.87. The van der Waals surface area contributed by atoms with Gasteiger partial charge < -0.3 is 5.32 Å². The van der Waals surface area contributed by atoms with Crippen LogP contribution in [-0.2, 0) is 16.1 Å². The van der Waals surface area contributed by atoms with Crippen LogP contribution in [0.1, 0.15) is 61.0 Å². The predicted octanol–water partition coefficient (Wildman–Crippen LogP) is 5.00. The number of hydrogen-bond acceptors (Lipinski definition) is 5. The Morgan fingerprint density at radius 2 is 1.67 bits per heavy atom. The largest absolute Gasteiger partial charge is 0.351 e. The Labute approximate surface area is 225 Å². The quantitative estimate of drug-likeness (QED) is 0.326. The number of ketones is 1. The third-order valence-electron chi connectivity index (χ3n) is 7.18. The minimum atomic E-state index is -1.28. The first kappa shape index (κ1) is 26.2. The number of para-hydroxylation sites is 1. The fourth-order valence-electron chi connectivity index (χ4n) is 5.15. The molecular formula is C30H30FN5O3. The summed E-state index contributed by atoms with van der Waals surface area (Å²) in [6.45, 7) is 1.23. The highest BCUT2D eigenvalue weighted by atomic mass is 19.1. The molecule has 1 saturated carbocycles. The van der Waals surface area contributed by atoms with Crippen molar-refractivity contribution >= 4 is 34.3 Å². The van der Waals surface area contributed by atoms with E-state index in [1.54, 1.807) is 48.5 Å². The summed E-state index contributed by atoms with van der Waals surface area (Å²) in [7, 11) is 0. The topological polar surface area (TPSA) is 97.2 Å². The fraction of sp³-hybridized carbons (Fsp3) is 0.300. The second kappa shape index (κ2) is 11.6. The number of hydrogen-bond donors (Lipinski definition) is 1. The first-order valence-corrected chi connectivity index (χ1v) is 13.2. The van der Waals surface area contributed by atoms with Crippen LogP contribution < -0.4 is 10.2 Å². The Morgan fingerprint density at radius 3 is 2.38 bits per heavy atom. The number of halogens is 1. The van der Waals surface area contributed by atoms with Crippen LogP contribution in [0.4, 0.5) is 10.1 Å². The van der Waals surface area contributed by atoms with Crippen molar-refractivity contribution in [2.75, 3.05) is 4.90 Å². The lowest BCUT2D eigenvalue weighted by Gasteiger charge is -2.33. The van der Waals surface area contributed by atoms with Gasteiger partial charge in [-0.15, -0.1) is 5.10 Å². The highest BCUT2D eigenvalue weighted by Gasteiger charge is 2.36. The summed E-state index contributed by atoms with van der Waals surface area (Å²) in [6, 6.07) is 18.3. The van der Waals surface area contributed by atoms with Gasteiger partial charge in [-0.25, -0.2) is 9.07 Å². The SMILES string of the molecule is CC(=O)c1ccc(N(C(=O)Cn2nnc3ccccc32)C(C(=O)NC2CCCCC2)c2ccccc2F)cc1. The zero-order valence-electron chi connectivity index (χ0n) is 21.7. The summed E-state index contributed by atoms with van der Waals surface area (Å²) in [4.78, 5) is 41.2. The summed E-state index contributed by atoms with van der Waals surface area (Å²) >= 11 is 0. The van der Waals surface area contributed by atoms with E-state index in [1.165, 1.54) is 28.6 Å². The Balaban J connectivity index is 1.58. The number of fused-ring (bicyclic) bond motifs is 1. The number of carbonyl (C=O) groups is 3. The van der Waals surface area contributed by atoms with Crippen LogP contribution in [0.15, 0.2) is 72.8 Å². The monoisotopic (exact) mass is 527 g/mol. The lowest BCUT2D eigenvalue weighted by Crippen LogP contribution is -2.48. The maximum Gasteiger partial charge on any atom is 0.249 e. The number of amides is 2. The number of anilines is 1. The molecule has 3 aromatic carbocycles. The van der Waals surface area contributed by atoms with Gasteiger partial charge in [0.1, 0.15) is 23.9 Å². The van der Waals surface area contributed by atoms with E-state index in [-0.39, 0.29) is 23.9 Å². The van der Waals surface area contributed by atoms with Crippen LogP contribution in [0.2, 0.25) is 0 Å². The zero-order valence-corrected chi connectivity index (χ0v) is 21.7. The molecular weight excluding hydrogens is 497 g/mol. The number of rotatable bonds is 8. The summed E-state index contributed by atoms with van der Waals surface area (Å²) in [5.74, 6) is -1.66. The van der Waals surface area contributed by atoms with E-state index in [9.17, 15) is 14.4 Å². The van der Waals surface area contributed by atoms with Gasteiger partial charge in [-0.2, -0.15) is 0 Å². The van der Waals surface area contributed by atoms with Crippen molar-refractivity contribution in [2.45, 2.75) is 57.7 Å². The lowest BCUT2D eigenvalue weighted by molar-refractivity contribution is -0.127. The minimum Gasteiger partial charge on any atom is -0.351 e. The van der Waals surface area contributed by atoms with Gasteiger partial charge in [0.15, 0.2) is 5.78 Å². The van der Waals surface area contributed by atoms with Crippen LogP contribution in [-0.4, -0.2) is 38.6 Å². The van der Waals surface area contributed by atoms with Gasteiger partial charge in [-0.05, 0) is 62.2 Å². The fourth-order valence-corrected chi connectivity index (χ4v) is 5.15. The van der Waals surface area contributed by atoms with E-state index in [0.29, 0.717) is 22.3 Å². The maximum atomic E-state index is 15.3. The van der Waals surface area contributed by atoms with E-state index in [1.807, 2.05) is 12.1 Å². The van der Waals surface area contributed by atoms with Crippen LogP contribution in [0.3, 0.4) is 0 Å². The van der Waals surface area contributed by atoms with E-state index < -0.39 is 23.7 Å². The summed E-state index contributed by atoms with van der Waals surface area (Å²) in [5.41, 5.74) is 2.19. The highest BCUT2D eigenvalue weighted by Crippen LogP contribution is 2.31. The van der Waals surface area contributed by atoms with Gasteiger partial charge in [0, 0.05) is 22.9 Å². The summed E-state index contributed by atoms with van der Waals surface area (Å²) < 4.78 is 16.7. The predicted molar refractivity (Wildman–Crippen MR) is 146 cm³/mol. The van der Waals surface area contributed by atoms with E-state index in [2.05, 4.69) is 15.6 Å². The van der Waals surface area contributed by atoms with Crippen molar-refractivity contribution in [2.24, 2.45) is 0 Å². The molecule has 5 rings (SSSR count). The Bertz CT molecular complexity index is 1490. The molecule has 9 heteroatoms. The lowest BCUT2D eigenvalue weighted by atomic mass is 9.94. The average molecular weight is 528 g/mol. The molecule has 1 aromatic heterocycles. The smallest absolute Gasteiger partial charge is 0.249 e. The molecule has 1 fully saturated rings. The number of nitrogens with one attached hydrogen (secondary N) is 1. The molecule has 0 aliphatic heterocycles. The van der Waals surface area contributed by atoms with E-state index in [4.69, 9.17) is 0 Å². The summed E-state index contributed by atoms with van der Waals surface area (Å²) in [6.07, 6.45) is 4.79. The molecule has 0 saturated heterocycles. The first-order chi connectivity index (χ1) is 18.9. The van der Waals surface area contributed by atoms with Crippen LogP contribution in [0.5, 0.6) is 0 Å². The van der Waals surface area contributed by atoms with Gasteiger partial charge in [0.2, 0.25) is 11.8 Å². The highest BCUT2D eigenvalue weighted by molar-refractivity contribution is 6.02. The molecule has 1 aliphatic rings. The van der Waals surface area contributed by atoms with Crippen LogP contribution >= 0.6 is 0 Å². The Hall–Kier alpha value is -4.40. The Kier molecular flexibility index (Phi) is 7.76. The number of Topliss-reactive ketones (excluding diaryl/α,β-unsaturated/α-hetero) is 1. The Morgan fingerprint density at radius 1 is 0.974 bits per heavy atom. The number of aromatic nitrogens is 3. The number of benzene rings is 3.